The van der Waals surface area contributed by atoms with Gasteiger partial charge in [-0.15, -0.1) is 0 Å². The molecule has 1 fully saturated rings. The van der Waals surface area contributed by atoms with Gasteiger partial charge in [0.25, 0.3) is 0 Å². The largest absolute Gasteiger partial charge is 0.451 e. The molecule has 9 nitrogen and oxygen atoms in total. The Balaban J connectivity index is 1.49. The fourth-order valence-electron chi connectivity index (χ4n) is 4.28. The minimum Gasteiger partial charge on any atom is -0.340 e. The fourth-order valence-corrected chi connectivity index (χ4v) is 4.28. The average molecular weight is 504 g/mol. The topological polar surface area (TPSA) is 94.0 Å². The first-order valence-electron chi connectivity index (χ1n) is 11.6. The highest BCUT2D eigenvalue weighted by Gasteiger charge is 2.37. The Bertz CT molecular complexity index is 1130. The molecule has 12 heteroatoms. The van der Waals surface area contributed by atoms with Gasteiger partial charge >= 0.3 is 12.2 Å². The number of piperazine rings is 1. The maximum atomic E-state index is 13.1. The van der Waals surface area contributed by atoms with E-state index in [1.54, 1.807) is 18.7 Å². The third kappa shape index (κ3) is 5.64. The molecule has 36 heavy (non-hydrogen) atoms. The number of hydrazone groups is 1. The van der Waals surface area contributed by atoms with Crippen LogP contribution in [0.15, 0.2) is 41.8 Å². The van der Waals surface area contributed by atoms with Gasteiger partial charge in [0.1, 0.15) is 0 Å². The first-order valence-corrected chi connectivity index (χ1v) is 11.6. The number of aromatic nitrogens is 2. The van der Waals surface area contributed by atoms with Crippen molar-refractivity contribution < 1.29 is 22.8 Å². The summed E-state index contributed by atoms with van der Waals surface area (Å²) in [6.07, 6.45) is -2.52. The number of nitrogens with zero attached hydrogens (tertiary/aromatic N) is 6. The number of carbonyl (C=O) groups is 2. The lowest BCUT2D eigenvalue weighted by Gasteiger charge is -2.37. The van der Waals surface area contributed by atoms with Crippen molar-refractivity contribution in [1.29, 1.82) is 0 Å². The summed E-state index contributed by atoms with van der Waals surface area (Å²) in [5.41, 5.74) is 3.10. The van der Waals surface area contributed by atoms with Crippen molar-refractivity contribution in [2.24, 2.45) is 5.10 Å². The maximum Gasteiger partial charge on any atom is 0.451 e. The van der Waals surface area contributed by atoms with Crippen molar-refractivity contribution in [3.05, 3.63) is 59.2 Å². The van der Waals surface area contributed by atoms with Gasteiger partial charge in [0.2, 0.25) is 11.7 Å². The summed E-state index contributed by atoms with van der Waals surface area (Å²) < 4.78 is 38.2. The van der Waals surface area contributed by atoms with Crippen LogP contribution in [0, 0.1) is 6.92 Å². The monoisotopic (exact) mass is 503 g/mol. The van der Waals surface area contributed by atoms with Gasteiger partial charge in [-0.05, 0) is 19.4 Å². The molecule has 1 aromatic heterocycles. The number of nitrogens with one attached hydrogen (secondary N) is 1. The molecule has 3 heterocycles. The van der Waals surface area contributed by atoms with E-state index in [-0.39, 0.29) is 11.9 Å². The molecule has 2 aromatic rings. The Morgan fingerprint density at radius 3 is 2.22 bits per heavy atom. The minimum absolute atomic E-state index is 0.0377. The van der Waals surface area contributed by atoms with Crippen molar-refractivity contribution in [2.75, 3.05) is 32.7 Å². The fraction of sp³-hybridized carbons (Fsp3) is 0.458. The molecule has 1 aromatic carbocycles. The number of urea groups is 1. The molecule has 0 spiro atoms. The SMILES string of the molecule is CC(=O)N1CCN([C@@H]2CN(C(=O)NC(C)c3cnc(C(F)(F)F)nc3)N=C2c2ccc(C)cc2)CC1. The number of rotatable bonds is 4. The van der Waals surface area contributed by atoms with Crippen LogP contribution in [0.3, 0.4) is 0 Å². The van der Waals surface area contributed by atoms with E-state index >= 15 is 0 Å². The summed E-state index contributed by atoms with van der Waals surface area (Å²) in [4.78, 5) is 35.5. The van der Waals surface area contributed by atoms with Gasteiger partial charge in [0.05, 0.1) is 24.3 Å². The quantitative estimate of drug-likeness (QED) is 0.693. The molecule has 192 valence electrons. The van der Waals surface area contributed by atoms with E-state index in [2.05, 4.69) is 25.3 Å². The zero-order valence-corrected chi connectivity index (χ0v) is 20.3. The molecule has 0 radical (unpaired) electrons. The first kappa shape index (κ1) is 25.5. The van der Waals surface area contributed by atoms with E-state index < -0.39 is 24.1 Å². The molecule has 0 bridgehead atoms. The number of alkyl halides is 3. The first-order chi connectivity index (χ1) is 17.0. The number of hydrogen-bond donors (Lipinski definition) is 1. The molecule has 1 N–H and O–H groups in total. The average Bonchev–Trinajstić information content (AvgIpc) is 3.30. The summed E-state index contributed by atoms with van der Waals surface area (Å²) in [7, 11) is 0. The second-order valence-electron chi connectivity index (χ2n) is 9.00. The number of aryl methyl sites for hydroxylation is 1. The van der Waals surface area contributed by atoms with E-state index in [1.165, 1.54) is 5.01 Å². The van der Waals surface area contributed by atoms with Crippen LogP contribution < -0.4 is 5.32 Å². The number of halogens is 3. The molecule has 1 unspecified atom stereocenters. The van der Waals surface area contributed by atoms with Crippen LogP contribution in [0.1, 0.15) is 42.4 Å². The van der Waals surface area contributed by atoms with Gasteiger partial charge in [0.15, 0.2) is 0 Å². The summed E-state index contributed by atoms with van der Waals surface area (Å²) in [5.74, 6) is -1.19. The number of amides is 3. The Kier molecular flexibility index (Phi) is 7.25. The van der Waals surface area contributed by atoms with Gasteiger partial charge in [0, 0.05) is 51.1 Å². The van der Waals surface area contributed by atoms with Crippen molar-refractivity contribution in [3.63, 3.8) is 0 Å². The molecule has 3 amide bonds. The molecular weight excluding hydrogens is 475 g/mol. The standard InChI is InChI=1S/C24H28F3N7O2/c1-15-4-6-18(7-5-15)21-20(33-10-8-32(9-11-33)17(3)35)14-34(31-21)23(36)30-16(2)19-12-28-22(29-13-19)24(25,26)27/h4-7,12-13,16,20H,8-11,14H2,1-3H3,(H,30,36)/t16?,20-/m1/s1. The van der Waals surface area contributed by atoms with Crippen LogP contribution in [-0.4, -0.2) is 81.2 Å². The lowest BCUT2D eigenvalue weighted by Crippen LogP contribution is -2.54. The predicted molar refractivity (Wildman–Crippen MR) is 126 cm³/mol. The van der Waals surface area contributed by atoms with Crippen LogP contribution in [0.25, 0.3) is 0 Å². The third-order valence-electron chi connectivity index (χ3n) is 6.44. The van der Waals surface area contributed by atoms with Crippen molar-refractivity contribution >= 4 is 17.6 Å². The summed E-state index contributed by atoms with van der Waals surface area (Å²) in [6, 6.07) is 6.65. The summed E-state index contributed by atoms with van der Waals surface area (Å²) >= 11 is 0. The Morgan fingerprint density at radius 2 is 1.67 bits per heavy atom. The second-order valence-corrected chi connectivity index (χ2v) is 9.00. The van der Waals surface area contributed by atoms with Crippen LogP contribution in [0.4, 0.5) is 18.0 Å². The molecule has 2 aliphatic heterocycles. The van der Waals surface area contributed by atoms with E-state index in [0.29, 0.717) is 38.3 Å². The van der Waals surface area contributed by atoms with Gasteiger partial charge in [-0.1, -0.05) is 29.8 Å². The van der Waals surface area contributed by atoms with E-state index in [1.807, 2.05) is 31.2 Å². The van der Waals surface area contributed by atoms with Gasteiger partial charge < -0.3 is 10.2 Å². The third-order valence-corrected chi connectivity index (χ3v) is 6.44. The highest BCUT2D eigenvalue weighted by Crippen LogP contribution is 2.26. The molecule has 1 saturated heterocycles. The van der Waals surface area contributed by atoms with Crippen molar-refractivity contribution in [3.8, 4) is 0 Å². The highest BCUT2D eigenvalue weighted by atomic mass is 19.4. The molecule has 4 rings (SSSR count). The lowest BCUT2D eigenvalue weighted by atomic mass is 10.0. The maximum absolute atomic E-state index is 13.1. The number of carbonyl (C=O) groups excluding carboxylic acids is 2. The molecule has 0 aliphatic carbocycles. The van der Waals surface area contributed by atoms with Crippen molar-refractivity contribution in [2.45, 2.75) is 39.0 Å². The van der Waals surface area contributed by atoms with Gasteiger partial charge in [-0.25, -0.2) is 19.8 Å². The van der Waals surface area contributed by atoms with Gasteiger partial charge in [-0.2, -0.15) is 18.3 Å². The lowest BCUT2D eigenvalue weighted by molar-refractivity contribution is -0.145. The van der Waals surface area contributed by atoms with E-state index in [4.69, 9.17) is 0 Å². The van der Waals surface area contributed by atoms with Crippen LogP contribution in [-0.2, 0) is 11.0 Å². The Morgan fingerprint density at radius 1 is 1.06 bits per heavy atom. The molecular formula is C24H28F3N7O2. The number of benzene rings is 1. The second kappa shape index (κ2) is 10.2. The zero-order valence-electron chi connectivity index (χ0n) is 20.3. The van der Waals surface area contributed by atoms with Crippen LogP contribution in [0.2, 0.25) is 0 Å². The van der Waals surface area contributed by atoms with Crippen LogP contribution in [0.5, 0.6) is 0 Å². The predicted octanol–water partition coefficient (Wildman–Crippen LogP) is 2.83. The van der Waals surface area contributed by atoms with Crippen molar-refractivity contribution in [1.82, 2.24) is 30.1 Å². The molecule has 2 atom stereocenters. The number of hydrogen-bond acceptors (Lipinski definition) is 6. The van der Waals surface area contributed by atoms with Gasteiger partial charge in [-0.3, -0.25) is 9.69 Å². The van der Waals surface area contributed by atoms with E-state index in [0.717, 1.165) is 29.2 Å². The molecule has 0 saturated carbocycles. The Labute approximate surface area is 207 Å². The molecule has 2 aliphatic rings. The minimum atomic E-state index is -4.63. The Hall–Kier alpha value is -3.54. The highest BCUT2D eigenvalue weighted by molar-refractivity contribution is 6.06. The summed E-state index contributed by atoms with van der Waals surface area (Å²) in [5, 5.41) is 8.74. The van der Waals surface area contributed by atoms with Crippen LogP contribution >= 0.6 is 0 Å². The smallest absolute Gasteiger partial charge is 0.340 e. The van der Waals surface area contributed by atoms with E-state index in [9.17, 15) is 22.8 Å². The summed E-state index contributed by atoms with van der Waals surface area (Å²) in [6.45, 7) is 8.01. The zero-order chi connectivity index (χ0) is 26.0. The normalized spacial score (nSPS) is 19.7.